The van der Waals surface area contributed by atoms with Crippen molar-refractivity contribution in [3.8, 4) is 5.88 Å². The molecule has 0 aliphatic carbocycles. The molecule has 1 aromatic heterocycles. The molecule has 0 saturated carbocycles. The summed E-state index contributed by atoms with van der Waals surface area (Å²) in [7, 11) is 0. The smallest absolute Gasteiger partial charge is 0.250 e. The molecular formula is C12H17ClN2O2. The van der Waals surface area contributed by atoms with Gasteiger partial charge in [-0.05, 0) is 12.5 Å². The summed E-state index contributed by atoms with van der Waals surface area (Å²) in [5.41, 5.74) is 5.41. The maximum Gasteiger partial charge on any atom is 0.250 e. The van der Waals surface area contributed by atoms with Crippen LogP contribution < -0.4 is 10.5 Å². The van der Waals surface area contributed by atoms with Crippen LogP contribution >= 0.6 is 11.6 Å². The molecule has 4 nitrogen and oxygen atoms in total. The van der Waals surface area contributed by atoms with Gasteiger partial charge in [0.15, 0.2) is 0 Å². The summed E-state index contributed by atoms with van der Waals surface area (Å²) in [5.74, 6) is -0.298. The highest BCUT2D eigenvalue weighted by atomic mass is 35.5. The van der Waals surface area contributed by atoms with Crippen LogP contribution in [0.4, 0.5) is 0 Å². The third-order valence-electron chi connectivity index (χ3n) is 2.36. The van der Waals surface area contributed by atoms with Crippen LogP contribution in [0.5, 0.6) is 5.88 Å². The van der Waals surface area contributed by atoms with Crippen LogP contribution in [0.15, 0.2) is 12.3 Å². The second-order valence-corrected chi connectivity index (χ2v) is 4.13. The fourth-order valence-corrected chi connectivity index (χ4v) is 1.67. The maximum atomic E-state index is 11.0. The first-order chi connectivity index (χ1) is 8.16. The number of hydrogen-bond donors (Lipinski definition) is 1. The van der Waals surface area contributed by atoms with Gasteiger partial charge in [0, 0.05) is 6.20 Å². The topological polar surface area (TPSA) is 65.2 Å². The highest BCUT2D eigenvalue weighted by Gasteiger charge is 2.12. The van der Waals surface area contributed by atoms with E-state index in [1.807, 2.05) is 0 Å². The Morgan fingerprint density at radius 2 is 2.24 bits per heavy atom. The van der Waals surface area contributed by atoms with E-state index in [0.717, 1.165) is 12.8 Å². The number of hydrogen-bond acceptors (Lipinski definition) is 3. The van der Waals surface area contributed by atoms with E-state index >= 15 is 0 Å². The Balaban J connectivity index is 2.54. The number of unbranched alkanes of at least 4 members (excludes halogenated alkanes) is 3. The second kappa shape index (κ2) is 7.12. The summed E-state index contributed by atoms with van der Waals surface area (Å²) in [6.07, 6.45) is 5.89. The number of nitrogens with two attached hydrogens (primary N) is 1. The predicted octanol–water partition coefficient (Wildman–Crippen LogP) is 2.79. The molecule has 0 bridgehead atoms. The Bertz CT molecular complexity index is 383. The SMILES string of the molecule is CCCCCCOc1nccc(C(N)=O)c1Cl. The number of carbonyl (C=O) groups is 1. The Labute approximate surface area is 106 Å². The van der Waals surface area contributed by atoms with Crippen molar-refractivity contribution < 1.29 is 9.53 Å². The highest BCUT2D eigenvalue weighted by Crippen LogP contribution is 2.25. The molecule has 94 valence electrons. The summed E-state index contributed by atoms with van der Waals surface area (Å²) in [6.45, 7) is 2.70. The van der Waals surface area contributed by atoms with Crippen molar-refractivity contribution in [1.29, 1.82) is 0 Å². The van der Waals surface area contributed by atoms with Gasteiger partial charge >= 0.3 is 0 Å². The van der Waals surface area contributed by atoms with Crippen LogP contribution in [0.2, 0.25) is 5.02 Å². The first-order valence-electron chi connectivity index (χ1n) is 5.74. The molecule has 1 amide bonds. The third-order valence-corrected chi connectivity index (χ3v) is 2.72. The van der Waals surface area contributed by atoms with Gasteiger partial charge in [-0.3, -0.25) is 4.79 Å². The lowest BCUT2D eigenvalue weighted by Gasteiger charge is -2.08. The third kappa shape index (κ3) is 4.23. The largest absolute Gasteiger partial charge is 0.477 e. The predicted molar refractivity (Wildman–Crippen MR) is 67.4 cm³/mol. The number of carbonyl (C=O) groups excluding carboxylic acids is 1. The molecule has 0 aliphatic rings. The van der Waals surface area contributed by atoms with Crippen LogP contribution in [0.1, 0.15) is 43.0 Å². The molecule has 0 saturated heterocycles. The number of pyridine rings is 1. The Hall–Kier alpha value is -1.29. The van der Waals surface area contributed by atoms with E-state index in [0.29, 0.717) is 6.61 Å². The number of halogens is 1. The molecule has 0 radical (unpaired) electrons. The molecule has 0 atom stereocenters. The van der Waals surface area contributed by atoms with Crippen molar-refractivity contribution in [3.05, 3.63) is 22.8 Å². The zero-order valence-electron chi connectivity index (χ0n) is 9.91. The van der Waals surface area contributed by atoms with Crippen molar-refractivity contribution >= 4 is 17.5 Å². The van der Waals surface area contributed by atoms with E-state index in [9.17, 15) is 4.79 Å². The molecule has 1 heterocycles. The standard InChI is InChI=1S/C12H17ClN2O2/c1-2-3-4-5-8-17-12-10(13)9(11(14)16)6-7-15-12/h6-7H,2-5,8H2,1H3,(H2,14,16). The van der Waals surface area contributed by atoms with Gasteiger partial charge in [0.2, 0.25) is 11.8 Å². The second-order valence-electron chi connectivity index (χ2n) is 3.75. The van der Waals surface area contributed by atoms with Crippen LogP contribution in [-0.4, -0.2) is 17.5 Å². The molecule has 0 aliphatic heterocycles. The normalized spacial score (nSPS) is 10.2. The molecule has 0 spiro atoms. The van der Waals surface area contributed by atoms with Gasteiger partial charge in [-0.15, -0.1) is 0 Å². The summed E-state index contributed by atoms with van der Waals surface area (Å²) in [5, 5.41) is 0.190. The monoisotopic (exact) mass is 256 g/mol. The Morgan fingerprint density at radius 3 is 2.88 bits per heavy atom. The van der Waals surface area contributed by atoms with Crippen LogP contribution in [0.3, 0.4) is 0 Å². The quantitative estimate of drug-likeness (QED) is 0.763. The fraction of sp³-hybridized carbons (Fsp3) is 0.500. The molecule has 2 N–H and O–H groups in total. The molecule has 0 fully saturated rings. The van der Waals surface area contributed by atoms with Crippen molar-refractivity contribution in [1.82, 2.24) is 4.98 Å². The van der Waals surface area contributed by atoms with Crippen LogP contribution in [0, 0.1) is 0 Å². The van der Waals surface area contributed by atoms with Crippen LogP contribution in [-0.2, 0) is 0 Å². The minimum atomic E-state index is -0.576. The zero-order valence-corrected chi connectivity index (χ0v) is 10.7. The van der Waals surface area contributed by atoms with Gasteiger partial charge in [0.25, 0.3) is 0 Å². The van der Waals surface area contributed by atoms with E-state index in [1.165, 1.54) is 25.1 Å². The van der Waals surface area contributed by atoms with Gasteiger partial charge in [-0.2, -0.15) is 0 Å². The summed E-state index contributed by atoms with van der Waals surface area (Å²) < 4.78 is 5.42. The van der Waals surface area contributed by atoms with Gasteiger partial charge in [0.05, 0.1) is 12.2 Å². The lowest BCUT2D eigenvalue weighted by molar-refractivity contribution is 0.1000. The van der Waals surface area contributed by atoms with Crippen LogP contribution in [0.25, 0.3) is 0 Å². The molecule has 17 heavy (non-hydrogen) atoms. The average Bonchev–Trinajstić information content (AvgIpc) is 2.30. The molecule has 1 aromatic rings. The molecular weight excluding hydrogens is 240 g/mol. The van der Waals surface area contributed by atoms with E-state index in [4.69, 9.17) is 22.1 Å². The van der Waals surface area contributed by atoms with Gasteiger partial charge < -0.3 is 10.5 Å². The molecule has 1 rings (SSSR count). The van der Waals surface area contributed by atoms with Crippen molar-refractivity contribution in [2.45, 2.75) is 32.6 Å². The number of aromatic nitrogens is 1. The molecule has 0 unspecified atom stereocenters. The maximum absolute atomic E-state index is 11.0. The van der Waals surface area contributed by atoms with Gasteiger partial charge in [0.1, 0.15) is 5.02 Å². The number of primary amides is 1. The number of ether oxygens (including phenoxy) is 1. The first-order valence-corrected chi connectivity index (χ1v) is 6.11. The lowest BCUT2D eigenvalue weighted by atomic mass is 10.2. The first kappa shape index (κ1) is 13.8. The van der Waals surface area contributed by atoms with Crippen molar-refractivity contribution in [3.63, 3.8) is 0 Å². The van der Waals surface area contributed by atoms with E-state index in [-0.39, 0.29) is 16.5 Å². The summed E-state index contributed by atoms with van der Waals surface area (Å²) >= 11 is 5.96. The van der Waals surface area contributed by atoms with Crippen molar-refractivity contribution in [2.75, 3.05) is 6.61 Å². The average molecular weight is 257 g/mol. The number of nitrogens with zero attached hydrogens (tertiary/aromatic N) is 1. The zero-order chi connectivity index (χ0) is 12.7. The summed E-state index contributed by atoms with van der Waals surface area (Å²) in [4.78, 5) is 15.0. The highest BCUT2D eigenvalue weighted by molar-refractivity contribution is 6.35. The minimum absolute atomic E-state index is 0.190. The fourth-order valence-electron chi connectivity index (χ4n) is 1.41. The van der Waals surface area contributed by atoms with Gasteiger partial charge in [-0.25, -0.2) is 4.98 Å². The molecule has 0 aromatic carbocycles. The lowest BCUT2D eigenvalue weighted by Crippen LogP contribution is -2.12. The summed E-state index contributed by atoms with van der Waals surface area (Å²) in [6, 6.07) is 1.48. The number of amides is 1. The van der Waals surface area contributed by atoms with Gasteiger partial charge in [-0.1, -0.05) is 37.8 Å². The molecule has 5 heteroatoms. The Morgan fingerprint density at radius 1 is 1.47 bits per heavy atom. The van der Waals surface area contributed by atoms with Crippen molar-refractivity contribution in [2.24, 2.45) is 5.73 Å². The van der Waals surface area contributed by atoms with E-state index in [2.05, 4.69) is 11.9 Å². The minimum Gasteiger partial charge on any atom is -0.477 e. The van der Waals surface area contributed by atoms with E-state index in [1.54, 1.807) is 0 Å². The van der Waals surface area contributed by atoms with E-state index < -0.39 is 5.91 Å². The number of rotatable bonds is 7. The Kier molecular flexibility index (Phi) is 5.77.